The van der Waals surface area contributed by atoms with Gasteiger partial charge < -0.3 is 14.8 Å². The van der Waals surface area contributed by atoms with Crippen LogP contribution in [-0.2, 0) is 4.79 Å². The van der Waals surface area contributed by atoms with Gasteiger partial charge in [0.25, 0.3) is 11.1 Å². The molecule has 0 unspecified atom stereocenters. The number of carbonyl (C=O) groups is 2. The van der Waals surface area contributed by atoms with Crippen molar-refractivity contribution in [1.29, 1.82) is 0 Å². The molecule has 1 aliphatic rings. The Morgan fingerprint density at radius 3 is 2.63 bits per heavy atom. The molecule has 2 amide bonds. The van der Waals surface area contributed by atoms with E-state index in [9.17, 15) is 9.59 Å². The van der Waals surface area contributed by atoms with Crippen molar-refractivity contribution in [1.82, 2.24) is 4.90 Å². The molecule has 3 rings (SSSR count). The highest BCUT2D eigenvalue weighted by molar-refractivity contribution is 8.18. The number of halogens is 1. The van der Waals surface area contributed by atoms with Gasteiger partial charge in [0.2, 0.25) is 0 Å². The molecule has 0 saturated carbocycles. The summed E-state index contributed by atoms with van der Waals surface area (Å²) in [5.74, 6) is 0.827. The van der Waals surface area contributed by atoms with Gasteiger partial charge in [-0.15, -0.1) is 0 Å². The summed E-state index contributed by atoms with van der Waals surface area (Å²) in [4.78, 5) is 26.4. The van der Waals surface area contributed by atoms with Crippen LogP contribution in [0.5, 0.6) is 11.5 Å². The molecule has 140 valence electrons. The Morgan fingerprint density at radius 1 is 1.15 bits per heavy atom. The smallest absolute Gasteiger partial charge is 0.295 e. The van der Waals surface area contributed by atoms with Crippen LogP contribution in [0, 0.1) is 0 Å². The maximum Gasteiger partial charge on any atom is 0.295 e. The molecule has 1 fully saturated rings. The summed E-state index contributed by atoms with van der Waals surface area (Å²) in [6.07, 6.45) is 1.63. The van der Waals surface area contributed by atoms with Gasteiger partial charge >= 0.3 is 0 Å². The number of nitrogens with zero attached hydrogens (tertiary/aromatic N) is 1. The quantitative estimate of drug-likeness (QED) is 0.717. The molecular weight excluding hydrogens is 388 g/mol. The van der Waals surface area contributed by atoms with Gasteiger partial charge in [0.05, 0.1) is 36.5 Å². The highest BCUT2D eigenvalue weighted by Crippen LogP contribution is 2.35. The molecule has 1 N–H and O–H groups in total. The predicted octanol–water partition coefficient (Wildman–Crippen LogP) is 4.46. The van der Waals surface area contributed by atoms with Gasteiger partial charge in [-0.25, -0.2) is 0 Å². The fraction of sp³-hybridized carbons (Fsp3) is 0.158. The van der Waals surface area contributed by atoms with E-state index in [0.717, 1.165) is 16.7 Å². The van der Waals surface area contributed by atoms with Gasteiger partial charge in [-0.3, -0.25) is 14.5 Å². The molecule has 0 radical (unpaired) electrons. The van der Waals surface area contributed by atoms with Gasteiger partial charge in [-0.1, -0.05) is 23.7 Å². The van der Waals surface area contributed by atoms with Crippen LogP contribution in [0.1, 0.15) is 5.56 Å². The normalized spacial score (nSPS) is 15.4. The fourth-order valence-corrected chi connectivity index (χ4v) is 3.53. The maximum atomic E-state index is 12.7. The van der Waals surface area contributed by atoms with E-state index in [1.807, 2.05) is 6.07 Å². The number of benzene rings is 2. The lowest BCUT2D eigenvalue weighted by Crippen LogP contribution is -2.33. The number of rotatable bonds is 6. The van der Waals surface area contributed by atoms with Gasteiger partial charge in [0, 0.05) is 5.56 Å². The van der Waals surface area contributed by atoms with Crippen LogP contribution in [0.2, 0.25) is 5.02 Å². The molecule has 0 bridgehead atoms. The summed E-state index contributed by atoms with van der Waals surface area (Å²) in [5, 5.41) is 3.17. The summed E-state index contributed by atoms with van der Waals surface area (Å²) in [6, 6.07) is 12.4. The Hall–Kier alpha value is -2.64. The number of hydrogen-bond donors (Lipinski definition) is 1. The van der Waals surface area contributed by atoms with Crippen LogP contribution in [-0.4, -0.2) is 36.9 Å². The van der Waals surface area contributed by atoms with Crippen molar-refractivity contribution < 1.29 is 19.1 Å². The number of para-hydroxylation sites is 1. The second kappa shape index (κ2) is 8.37. The minimum Gasteiger partial charge on any atom is -0.497 e. The van der Waals surface area contributed by atoms with Crippen molar-refractivity contribution in [3.63, 3.8) is 0 Å². The van der Waals surface area contributed by atoms with Crippen molar-refractivity contribution in [3.05, 3.63) is 58.0 Å². The molecule has 1 saturated heterocycles. The first-order valence-corrected chi connectivity index (χ1v) is 9.18. The molecule has 0 aromatic heterocycles. The minimum atomic E-state index is -0.380. The molecule has 1 heterocycles. The van der Waals surface area contributed by atoms with E-state index in [4.69, 9.17) is 21.1 Å². The van der Waals surface area contributed by atoms with Crippen molar-refractivity contribution in [2.75, 3.05) is 26.2 Å². The number of hydrogen-bond acceptors (Lipinski definition) is 6. The van der Waals surface area contributed by atoms with E-state index in [-0.39, 0.29) is 17.8 Å². The van der Waals surface area contributed by atoms with E-state index in [1.54, 1.807) is 56.7 Å². The summed E-state index contributed by atoms with van der Waals surface area (Å²) >= 11 is 6.96. The topological polar surface area (TPSA) is 67.9 Å². The van der Waals surface area contributed by atoms with Gasteiger partial charge in [-0.2, -0.15) is 0 Å². The summed E-state index contributed by atoms with van der Waals surface area (Å²) < 4.78 is 10.5. The van der Waals surface area contributed by atoms with Crippen LogP contribution in [0.25, 0.3) is 6.08 Å². The van der Waals surface area contributed by atoms with Crippen LogP contribution < -0.4 is 14.8 Å². The number of ether oxygens (including phenoxy) is 2. The molecule has 27 heavy (non-hydrogen) atoms. The largest absolute Gasteiger partial charge is 0.497 e. The van der Waals surface area contributed by atoms with E-state index >= 15 is 0 Å². The molecule has 2 aromatic rings. The molecule has 2 aromatic carbocycles. The number of anilines is 1. The number of nitrogens with one attached hydrogen (secondary N) is 1. The van der Waals surface area contributed by atoms with Crippen LogP contribution >= 0.6 is 23.4 Å². The van der Waals surface area contributed by atoms with E-state index in [0.29, 0.717) is 32.7 Å². The number of methoxy groups -OCH3 is 2. The predicted molar refractivity (Wildman–Crippen MR) is 107 cm³/mol. The number of amides is 2. The zero-order chi connectivity index (χ0) is 19.4. The molecule has 0 aliphatic carbocycles. The van der Waals surface area contributed by atoms with E-state index in [2.05, 4.69) is 5.32 Å². The summed E-state index contributed by atoms with van der Waals surface area (Å²) in [7, 11) is 3.10. The Morgan fingerprint density at radius 2 is 1.93 bits per heavy atom. The lowest BCUT2D eigenvalue weighted by atomic mass is 10.1. The summed E-state index contributed by atoms with van der Waals surface area (Å²) in [6.45, 7) is 0.0288. The average Bonchev–Trinajstić information content (AvgIpc) is 2.94. The Balaban J connectivity index is 1.80. The second-order valence-electron chi connectivity index (χ2n) is 5.53. The van der Waals surface area contributed by atoms with Gasteiger partial charge in [-0.05, 0) is 48.2 Å². The van der Waals surface area contributed by atoms with Gasteiger partial charge in [0.1, 0.15) is 11.5 Å². The first-order valence-electron chi connectivity index (χ1n) is 7.99. The van der Waals surface area contributed by atoms with E-state index < -0.39 is 0 Å². The Kier molecular flexibility index (Phi) is 5.93. The Bertz CT molecular complexity index is 916. The molecular formula is C19H17ClN2O4S. The molecule has 1 aliphatic heterocycles. The van der Waals surface area contributed by atoms with Gasteiger partial charge in [0.15, 0.2) is 0 Å². The number of thioether (sulfide) groups is 1. The first-order chi connectivity index (χ1) is 13.0. The average molecular weight is 405 g/mol. The lowest BCUT2D eigenvalue weighted by molar-refractivity contribution is -0.122. The zero-order valence-corrected chi connectivity index (χ0v) is 16.3. The van der Waals surface area contributed by atoms with Crippen molar-refractivity contribution in [2.24, 2.45) is 0 Å². The van der Waals surface area contributed by atoms with Crippen LogP contribution in [0.3, 0.4) is 0 Å². The fourth-order valence-electron chi connectivity index (χ4n) is 2.50. The van der Waals surface area contributed by atoms with Crippen molar-refractivity contribution >= 4 is 46.3 Å². The highest BCUT2D eigenvalue weighted by Gasteiger charge is 2.35. The Labute approximate surface area is 166 Å². The van der Waals surface area contributed by atoms with Crippen molar-refractivity contribution in [2.45, 2.75) is 0 Å². The highest BCUT2D eigenvalue weighted by atomic mass is 35.5. The minimum absolute atomic E-state index is 0.0288. The lowest BCUT2D eigenvalue weighted by Gasteiger charge is -2.15. The third-order valence-corrected chi connectivity index (χ3v) is 5.14. The van der Waals surface area contributed by atoms with Crippen LogP contribution in [0.4, 0.5) is 10.5 Å². The third-order valence-electron chi connectivity index (χ3n) is 3.90. The van der Waals surface area contributed by atoms with Crippen LogP contribution in [0.15, 0.2) is 47.4 Å². The van der Waals surface area contributed by atoms with E-state index in [1.165, 1.54) is 0 Å². The second-order valence-corrected chi connectivity index (χ2v) is 6.93. The number of carbonyl (C=O) groups excluding carboxylic acids is 2. The maximum absolute atomic E-state index is 12.7. The zero-order valence-electron chi connectivity index (χ0n) is 14.7. The first kappa shape index (κ1) is 19.1. The SMILES string of the molecule is COc1ccc(OC)c(/C=C2/SC(=O)N(CNc3ccccc3Cl)C2=O)c1. The third kappa shape index (κ3) is 4.20. The number of imide groups is 1. The monoisotopic (exact) mass is 404 g/mol. The molecule has 0 atom stereocenters. The molecule has 6 nitrogen and oxygen atoms in total. The van der Waals surface area contributed by atoms with Crippen molar-refractivity contribution in [3.8, 4) is 11.5 Å². The standard InChI is InChI=1S/C19H17ClN2O4S/c1-25-13-7-8-16(26-2)12(9-13)10-17-18(23)22(19(24)27-17)11-21-15-6-4-3-5-14(15)20/h3-10,21H,11H2,1-2H3/b17-10+. The molecule has 8 heteroatoms. The molecule has 0 spiro atoms. The summed E-state index contributed by atoms with van der Waals surface area (Å²) in [5.41, 5.74) is 1.30.